The summed E-state index contributed by atoms with van der Waals surface area (Å²) >= 11 is 0. The third-order valence-electron chi connectivity index (χ3n) is 5.78. The minimum atomic E-state index is -1.62. The van der Waals surface area contributed by atoms with Crippen LogP contribution in [-0.4, -0.2) is 32.4 Å². The van der Waals surface area contributed by atoms with Gasteiger partial charge in [0.25, 0.3) is 0 Å². The monoisotopic (exact) mass is 330 g/mol. The zero-order valence-electron chi connectivity index (χ0n) is 16.5. The second-order valence-electron chi connectivity index (χ2n) is 9.42. The first-order valence-electron chi connectivity index (χ1n) is 8.67. The molecule has 1 atom stereocenters. The second-order valence-corrected chi connectivity index (χ2v) is 14.2. The van der Waals surface area contributed by atoms with Crippen LogP contribution >= 0.6 is 0 Å². The summed E-state index contributed by atoms with van der Waals surface area (Å²) in [6, 6.07) is 0. The van der Waals surface area contributed by atoms with Crippen molar-refractivity contribution in [3.8, 4) is 0 Å². The lowest BCUT2D eigenvalue weighted by Gasteiger charge is -2.36. The van der Waals surface area contributed by atoms with Gasteiger partial charge in [-0.2, -0.15) is 0 Å². The Morgan fingerprint density at radius 2 is 1.50 bits per heavy atom. The second kappa shape index (κ2) is 6.54. The third-order valence-corrected chi connectivity index (χ3v) is 10.3. The molecule has 0 spiro atoms. The number of ether oxygens (including phenoxy) is 2. The Hall–Kier alpha value is 0.0969. The first-order valence-corrected chi connectivity index (χ1v) is 11.6. The number of rotatable bonds is 6. The van der Waals surface area contributed by atoms with Gasteiger partial charge >= 0.3 is 0 Å². The van der Waals surface area contributed by atoms with Gasteiger partial charge in [-0.25, -0.2) is 0 Å². The van der Waals surface area contributed by atoms with Gasteiger partial charge in [0.2, 0.25) is 0 Å². The maximum Gasteiger partial charge on any atom is 0.191 e. The number of hydrogen-bond donors (Lipinski definition) is 0. The Balaban J connectivity index is 2.38. The fourth-order valence-corrected chi connectivity index (χ4v) is 3.30. The molecule has 0 aromatic rings. The lowest BCUT2D eigenvalue weighted by atomic mass is 9.90. The summed E-state index contributed by atoms with van der Waals surface area (Å²) in [7, 11) is -1.62. The predicted octanol–water partition coefficient (Wildman–Crippen LogP) is 5.35. The van der Waals surface area contributed by atoms with E-state index in [1.54, 1.807) is 0 Å². The van der Waals surface area contributed by atoms with Gasteiger partial charge in [0, 0.05) is 13.0 Å². The Labute approximate surface area is 139 Å². The molecule has 0 saturated carbocycles. The largest absolute Gasteiger partial charge is 0.417 e. The van der Waals surface area contributed by atoms with E-state index in [9.17, 15) is 0 Å². The molecule has 1 rings (SSSR count). The van der Waals surface area contributed by atoms with Crippen molar-refractivity contribution in [2.24, 2.45) is 5.92 Å². The molecule has 1 heterocycles. The van der Waals surface area contributed by atoms with E-state index in [1.807, 2.05) is 0 Å². The van der Waals surface area contributed by atoms with Gasteiger partial charge < -0.3 is 13.9 Å². The lowest BCUT2D eigenvalue weighted by Crippen LogP contribution is -2.41. The molecule has 0 radical (unpaired) electrons. The Morgan fingerprint density at radius 1 is 1.05 bits per heavy atom. The average Bonchev–Trinajstić information content (AvgIpc) is 2.44. The van der Waals surface area contributed by atoms with Gasteiger partial charge in [0.15, 0.2) is 14.6 Å². The van der Waals surface area contributed by atoms with Gasteiger partial charge in [0.05, 0.1) is 11.2 Å². The Morgan fingerprint density at radius 3 is 1.91 bits per heavy atom. The highest BCUT2D eigenvalue weighted by atomic mass is 28.4. The Kier molecular flexibility index (Phi) is 5.99. The number of hydrogen-bond acceptors (Lipinski definition) is 3. The van der Waals surface area contributed by atoms with Crippen LogP contribution in [0.1, 0.15) is 68.2 Å². The van der Waals surface area contributed by atoms with Crippen molar-refractivity contribution in [2.45, 2.75) is 104 Å². The molecule has 0 N–H and O–H groups in total. The quantitative estimate of drug-likeness (QED) is 0.614. The van der Waals surface area contributed by atoms with Crippen LogP contribution in [0.15, 0.2) is 0 Å². The van der Waals surface area contributed by atoms with Crippen LogP contribution in [-0.2, 0) is 13.9 Å². The summed E-state index contributed by atoms with van der Waals surface area (Å²) in [5.74, 6) is 0.541. The van der Waals surface area contributed by atoms with Crippen LogP contribution in [0.2, 0.25) is 18.1 Å². The van der Waals surface area contributed by atoms with Gasteiger partial charge in [-0.05, 0) is 58.2 Å². The molecule has 0 amide bonds. The van der Waals surface area contributed by atoms with Crippen molar-refractivity contribution < 1.29 is 13.9 Å². The van der Waals surface area contributed by atoms with E-state index in [2.05, 4.69) is 68.5 Å². The average molecular weight is 331 g/mol. The first kappa shape index (κ1) is 20.1. The molecule has 0 aromatic heterocycles. The fraction of sp³-hybridized carbons (Fsp3) is 1.00. The maximum atomic E-state index is 6.27. The zero-order valence-corrected chi connectivity index (χ0v) is 17.5. The highest BCUT2D eigenvalue weighted by molar-refractivity contribution is 6.74. The topological polar surface area (TPSA) is 27.7 Å². The van der Waals surface area contributed by atoms with Crippen molar-refractivity contribution in [1.82, 2.24) is 0 Å². The molecular formula is C18H38O3Si. The first-order chi connectivity index (χ1) is 9.68. The van der Waals surface area contributed by atoms with Crippen LogP contribution < -0.4 is 0 Å². The van der Waals surface area contributed by atoms with Gasteiger partial charge in [-0.3, -0.25) is 0 Å². The lowest BCUT2D eigenvalue weighted by molar-refractivity contribution is -0.0983. The van der Waals surface area contributed by atoms with Crippen molar-refractivity contribution >= 4 is 8.32 Å². The molecule has 0 aromatic carbocycles. The van der Waals surface area contributed by atoms with Gasteiger partial charge in [0.1, 0.15) is 0 Å². The molecule has 1 saturated heterocycles. The highest BCUT2D eigenvalue weighted by Gasteiger charge is 2.49. The highest BCUT2D eigenvalue weighted by Crippen LogP contribution is 2.40. The SMILES string of the molecule is CC(CCO[Si](C)(C)C(C)(C)C)CC1OC(C)(C)C(C)(C)O1. The normalized spacial score (nSPS) is 23.7. The van der Waals surface area contributed by atoms with E-state index >= 15 is 0 Å². The van der Waals surface area contributed by atoms with Crippen molar-refractivity contribution in [1.29, 1.82) is 0 Å². The summed E-state index contributed by atoms with van der Waals surface area (Å²) < 4.78 is 18.4. The summed E-state index contributed by atoms with van der Waals surface area (Å²) in [4.78, 5) is 0. The molecule has 0 aliphatic carbocycles. The van der Waals surface area contributed by atoms with Gasteiger partial charge in [-0.15, -0.1) is 0 Å². The summed E-state index contributed by atoms with van der Waals surface area (Å²) in [6.45, 7) is 23.0. The zero-order chi connectivity index (χ0) is 17.4. The van der Waals surface area contributed by atoms with E-state index in [0.29, 0.717) is 5.92 Å². The fourth-order valence-electron chi connectivity index (χ4n) is 2.24. The Bertz CT molecular complexity index is 353. The molecule has 4 heteroatoms. The predicted molar refractivity (Wildman–Crippen MR) is 95.7 cm³/mol. The molecule has 22 heavy (non-hydrogen) atoms. The van der Waals surface area contributed by atoms with Crippen LogP contribution in [0.3, 0.4) is 0 Å². The standard InChI is InChI=1S/C18H38O3Si/c1-14(11-12-19-22(9,10)16(2,3)4)13-15-20-17(5,6)18(7,8)21-15/h14-15H,11-13H2,1-10H3. The van der Waals surface area contributed by atoms with Crippen LogP contribution in [0.4, 0.5) is 0 Å². The van der Waals surface area contributed by atoms with E-state index < -0.39 is 8.32 Å². The van der Waals surface area contributed by atoms with E-state index in [0.717, 1.165) is 19.4 Å². The minimum Gasteiger partial charge on any atom is -0.417 e. The molecule has 1 unspecified atom stereocenters. The summed E-state index contributed by atoms with van der Waals surface area (Å²) in [5, 5.41) is 0.280. The van der Waals surface area contributed by atoms with Crippen molar-refractivity contribution in [2.75, 3.05) is 6.61 Å². The van der Waals surface area contributed by atoms with Crippen LogP contribution in [0.25, 0.3) is 0 Å². The summed E-state index contributed by atoms with van der Waals surface area (Å²) in [5.41, 5.74) is -0.454. The summed E-state index contributed by atoms with van der Waals surface area (Å²) in [6.07, 6.45) is 1.91. The molecule has 1 aliphatic heterocycles. The van der Waals surface area contributed by atoms with Crippen molar-refractivity contribution in [3.05, 3.63) is 0 Å². The molecule has 1 fully saturated rings. The van der Waals surface area contributed by atoms with E-state index in [1.165, 1.54) is 0 Å². The molecule has 132 valence electrons. The van der Waals surface area contributed by atoms with Gasteiger partial charge in [-0.1, -0.05) is 27.7 Å². The van der Waals surface area contributed by atoms with Crippen LogP contribution in [0.5, 0.6) is 0 Å². The molecule has 0 bridgehead atoms. The third kappa shape index (κ3) is 4.79. The van der Waals surface area contributed by atoms with Crippen molar-refractivity contribution in [3.63, 3.8) is 0 Å². The van der Waals surface area contributed by atoms with Crippen LogP contribution in [0, 0.1) is 5.92 Å². The van der Waals surface area contributed by atoms with E-state index in [-0.39, 0.29) is 22.5 Å². The smallest absolute Gasteiger partial charge is 0.191 e. The maximum absolute atomic E-state index is 6.27. The van der Waals surface area contributed by atoms with E-state index in [4.69, 9.17) is 13.9 Å². The molecule has 1 aliphatic rings. The molecule has 3 nitrogen and oxygen atoms in total. The minimum absolute atomic E-state index is 0.0899. The molecular weight excluding hydrogens is 292 g/mol.